The van der Waals surface area contributed by atoms with Crippen LogP contribution in [0.4, 0.5) is 0 Å². The molecule has 0 radical (unpaired) electrons. The van der Waals surface area contributed by atoms with E-state index in [1.54, 1.807) is 11.8 Å². The van der Waals surface area contributed by atoms with Gasteiger partial charge in [-0.25, -0.2) is 0 Å². The van der Waals surface area contributed by atoms with Gasteiger partial charge in [-0.3, -0.25) is 0 Å². The van der Waals surface area contributed by atoms with E-state index in [0.717, 1.165) is 11.5 Å². The summed E-state index contributed by atoms with van der Waals surface area (Å²) < 4.78 is 5.42. The Morgan fingerprint density at radius 1 is 1.53 bits per heavy atom. The van der Waals surface area contributed by atoms with Crippen molar-refractivity contribution in [3.05, 3.63) is 40.9 Å². The molecule has 0 unspecified atom stereocenters. The van der Waals surface area contributed by atoms with Crippen LogP contribution in [-0.2, 0) is 5.75 Å². The summed E-state index contributed by atoms with van der Waals surface area (Å²) in [6.45, 7) is 8.43. The summed E-state index contributed by atoms with van der Waals surface area (Å²) >= 11 is 1.56. The molecule has 0 heterocycles. The lowest BCUT2D eigenvalue weighted by Gasteiger charge is -2.08. The molecule has 15 heavy (non-hydrogen) atoms. The standard InChI is InChI=1S/C12H17NOS/c1-4-14-12-6-5-11(9(2)7-12)8-15-10(3)13/h5-7H,3-4,8,13H2,1-2H3. The monoisotopic (exact) mass is 223 g/mol. The van der Waals surface area contributed by atoms with Crippen molar-refractivity contribution in [2.24, 2.45) is 5.73 Å². The summed E-state index contributed by atoms with van der Waals surface area (Å²) in [7, 11) is 0. The molecule has 0 saturated carbocycles. The molecule has 1 aromatic carbocycles. The van der Waals surface area contributed by atoms with E-state index >= 15 is 0 Å². The minimum absolute atomic E-state index is 0.656. The lowest BCUT2D eigenvalue weighted by Crippen LogP contribution is -1.95. The maximum absolute atomic E-state index is 5.51. The summed E-state index contributed by atoms with van der Waals surface area (Å²) in [6.07, 6.45) is 0. The van der Waals surface area contributed by atoms with E-state index in [2.05, 4.69) is 25.6 Å². The first-order chi connectivity index (χ1) is 7.13. The zero-order valence-corrected chi connectivity index (χ0v) is 10.1. The number of benzene rings is 1. The van der Waals surface area contributed by atoms with Crippen LogP contribution in [0, 0.1) is 6.92 Å². The van der Waals surface area contributed by atoms with Crippen LogP contribution < -0.4 is 10.5 Å². The lowest BCUT2D eigenvalue weighted by molar-refractivity contribution is 0.340. The van der Waals surface area contributed by atoms with Gasteiger partial charge in [0.05, 0.1) is 11.6 Å². The number of hydrogen-bond acceptors (Lipinski definition) is 3. The van der Waals surface area contributed by atoms with Crippen molar-refractivity contribution in [2.75, 3.05) is 6.61 Å². The second kappa shape index (κ2) is 5.71. The summed E-state index contributed by atoms with van der Waals surface area (Å²) in [5, 5.41) is 0.656. The smallest absolute Gasteiger partial charge is 0.119 e. The van der Waals surface area contributed by atoms with Crippen molar-refractivity contribution in [3.63, 3.8) is 0 Å². The van der Waals surface area contributed by atoms with Crippen LogP contribution in [0.25, 0.3) is 0 Å². The van der Waals surface area contributed by atoms with E-state index in [1.807, 2.05) is 13.0 Å². The van der Waals surface area contributed by atoms with Crippen molar-refractivity contribution in [3.8, 4) is 5.75 Å². The van der Waals surface area contributed by atoms with Crippen molar-refractivity contribution in [2.45, 2.75) is 19.6 Å². The SMILES string of the molecule is C=C(N)SCc1ccc(OCC)cc1C. The van der Waals surface area contributed by atoms with Crippen LogP contribution >= 0.6 is 11.8 Å². The third-order valence-corrected chi connectivity index (χ3v) is 2.86. The van der Waals surface area contributed by atoms with Crippen molar-refractivity contribution >= 4 is 11.8 Å². The Hall–Kier alpha value is -1.09. The van der Waals surface area contributed by atoms with Gasteiger partial charge in [0.2, 0.25) is 0 Å². The molecule has 0 aromatic heterocycles. The molecule has 0 aliphatic carbocycles. The highest BCUT2D eigenvalue weighted by atomic mass is 32.2. The number of ether oxygens (including phenoxy) is 1. The van der Waals surface area contributed by atoms with Gasteiger partial charge in [0.15, 0.2) is 0 Å². The fourth-order valence-electron chi connectivity index (χ4n) is 1.26. The Morgan fingerprint density at radius 3 is 2.80 bits per heavy atom. The molecule has 2 nitrogen and oxygen atoms in total. The highest BCUT2D eigenvalue weighted by Crippen LogP contribution is 2.22. The van der Waals surface area contributed by atoms with E-state index in [-0.39, 0.29) is 0 Å². The molecule has 0 saturated heterocycles. The maximum Gasteiger partial charge on any atom is 0.119 e. The Kier molecular flexibility index (Phi) is 4.56. The Balaban J connectivity index is 2.70. The first kappa shape index (κ1) is 12.0. The molecule has 0 amide bonds. The number of hydrogen-bond donors (Lipinski definition) is 1. The average molecular weight is 223 g/mol. The fraction of sp³-hybridized carbons (Fsp3) is 0.333. The van der Waals surface area contributed by atoms with Crippen LogP contribution in [0.5, 0.6) is 5.75 Å². The van der Waals surface area contributed by atoms with Gasteiger partial charge in [-0.05, 0) is 37.1 Å². The van der Waals surface area contributed by atoms with E-state index in [9.17, 15) is 0 Å². The van der Waals surface area contributed by atoms with Crippen LogP contribution in [-0.4, -0.2) is 6.61 Å². The van der Waals surface area contributed by atoms with Gasteiger partial charge in [0, 0.05) is 5.75 Å². The highest BCUT2D eigenvalue weighted by Gasteiger charge is 2.01. The van der Waals surface area contributed by atoms with Gasteiger partial charge < -0.3 is 10.5 Å². The third kappa shape index (κ3) is 3.88. The fourth-order valence-corrected chi connectivity index (χ4v) is 1.92. The van der Waals surface area contributed by atoms with Gasteiger partial charge in [0.1, 0.15) is 5.75 Å². The number of nitrogens with two attached hydrogens (primary N) is 1. The van der Waals surface area contributed by atoms with Gasteiger partial charge >= 0.3 is 0 Å². The molecule has 0 spiro atoms. The molecule has 0 fully saturated rings. The zero-order valence-electron chi connectivity index (χ0n) is 9.25. The van der Waals surface area contributed by atoms with Crippen LogP contribution in [0.2, 0.25) is 0 Å². The van der Waals surface area contributed by atoms with E-state index in [0.29, 0.717) is 11.6 Å². The molecule has 2 N–H and O–H groups in total. The normalized spacial score (nSPS) is 10.0. The van der Waals surface area contributed by atoms with Crippen molar-refractivity contribution < 1.29 is 4.74 Å². The second-order valence-electron chi connectivity index (χ2n) is 3.28. The molecule has 1 aromatic rings. The molecule has 0 aliphatic rings. The molecular weight excluding hydrogens is 206 g/mol. The first-order valence-electron chi connectivity index (χ1n) is 4.93. The summed E-state index contributed by atoms with van der Waals surface area (Å²) in [5.74, 6) is 1.79. The lowest BCUT2D eigenvalue weighted by atomic mass is 10.1. The Labute approximate surface area is 95.5 Å². The Bertz CT molecular complexity index is 349. The molecule has 0 atom stereocenters. The number of thioether (sulfide) groups is 1. The van der Waals surface area contributed by atoms with E-state index < -0.39 is 0 Å². The zero-order chi connectivity index (χ0) is 11.3. The highest BCUT2D eigenvalue weighted by molar-refractivity contribution is 8.02. The van der Waals surface area contributed by atoms with Crippen molar-refractivity contribution in [1.29, 1.82) is 0 Å². The topological polar surface area (TPSA) is 35.2 Å². The molecule has 0 aliphatic heterocycles. The minimum Gasteiger partial charge on any atom is -0.494 e. The van der Waals surface area contributed by atoms with Gasteiger partial charge in [-0.15, -0.1) is 11.8 Å². The third-order valence-electron chi connectivity index (χ3n) is 2.04. The molecule has 3 heteroatoms. The van der Waals surface area contributed by atoms with Gasteiger partial charge in [0.25, 0.3) is 0 Å². The molecule has 82 valence electrons. The second-order valence-corrected chi connectivity index (χ2v) is 4.38. The first-order valence-corrected chi connectivity index (χ1v) is 5.91. The average Bonchev–Trinajstić information content (AvgIpc) is 2.17. The van der Waals surface area contributed by atoms with Crippen LogP contribution in [0.1, 0.15) is 18.1 Å². The predicted molar refractivity (Wildman–Crippen MR) is 67.0 cm³/mol. The van der Waals surface area contributed by atoms with Crippen LogP contribution in [0.15, 0.2) is 29.8 Å². The summed E-state index contributed by atoms with van der Waals surface area (Å²) in [4.78, 5) is 0. The predicted octanol–water partition coefficient (Wildman–Crippen LogP) is 3.06. The Morgan fingerprint density at radius 2 is 2.27 bits per heavy atom. The summed E-state index contributed by atoms with van der Waals surface area (Å²) in [5.41, 5.74) is 8.02. The molecular formula is C12H17NOS. The van der Waals surface area contributed by atoms with Gasteiger partial charge in [-0.1, -0.05) is 12.6 Å². The van der Waals surface area contributed by atoms with Crippen molar-refractivity contribution in [1.82, 2.24) is 0 Å². The minimum atomic E-state index is 0.656. The van der Waals surface area contributed by atoms with E-state index in [1.165, 1.54) is 11.1 Å². The largest absolute Gasteiger partial charge is 0.494 e. The molecule has 0 bridgehead atoms. The number of aryl methyl sites for hydroxylation is 1. The number of rotatable bonds is 5. The maximum atomic E-state index is 5.51. The van der Waals surface area contributed by atoms with Gasteiger partial charge in [-0.2, -0.15) is 0 Å². The quantitative estimate of drug-likeness (QED) is 0.833. The summed E-state index contributed by atoms with van der Waals surface area (Å²) in [6, 6.07) is 6.13. The molecule has 1 rings (SSSR count). The van der Waals surface area contributed by atoms with Crippen LogP contribution in [0.3, 0.4) is 0 Å². The van der Waals surface area contributed by atoms with E-state index in [4.69, 9.17) is 10.5 Å².